The summed E-state index contributed by atoms with van der Waals surface area (Å²) in [6.07, 6.45) is 1.67. The number of amides is 1. The minimum absolute atomic E-state index is 0.0977. The Morgan fingerprint density at radius 3 is 2.75 bits per heavy atom. The number of rotatable bonds is 10. The Hall–Kier alpha value is -2.19. The summed E-state index contributed by atoms with van der Waals surface area (Å²) in [4.78, 5) is 29.1. The third-order valence-corrected chi connectivity index (χ3v) is 5.37. The second-order valence-electron chi connectivity index (χ2n) is 6.57. The van der Waals surface area contributed by atoms with Crippen molar-refractivity contribution in [3.63, 3.8) is 0 Å². The zero-order valence-electron chi connectivity index (χ0n) is 17.2. The standard InChI is InChI=1S/C20H29N3O4S/c1-6-13(3)21-18(24)15-11-17(23(14(15)4)9-8-10-26-5)16-12-28-19(22-16)20(25)27-7-2/h11-13H,6-10H2,1-5H3,(H,21,24). The van der Waals surface area contributed by atoms with Crippen LogP contribution < -0.4 is 5.32 Å². The van der Waals surface area contributed by atoms with Crippen molar-refractivity contribution in [1.29, 1.82) is 0 Å². The van der Waals surface area contributed by atoms with Crippen LogP contribution >= 0.6 is 11.3 Å². The van der Waals surface area contributed by atoms with Crippen molar-refractivity contribution in [3.05, 3.63) is 27.7 Å². The van der Waals surface area contributed by atoms with E-state index in [9.17, 15) is 9.59 Å². The number of nitrogens with zero attached hydrogens (tertiary/aromatic N) is 2. The van der Waals surface area contributed by atoms with E-state index in [1.165, 1.54) is 11.3 Å². The first kappa shape index (κ1) is 22.1. The molecule has 1 N–H and O–H groups in total. The Labute approximate surface area is 170 Å². The first-order valence-corrected chi connectivity index (χ1v) is 10.4. The SMILES string of the molecule is CCOC(=O)c1nc(-c2cc(C(=O)NC(C)CC)c(C)n2CCCOC)cs1. The predicted molar refractivity (Wildman–Crippen MR) is 110 cm³/mol. The van der Waals surface area contributed by atoms with E-state index >= 15 is 0 Å². The number of aromatic nitrogens is 2. The highest BCUT2D eigenvalue weighted by molar-refractivity contribution is 7.11. The molecule has 0 spiro atoms. The fraction of sp³-hybridized carbons (Fsp3) is 0.550. The third kappa shape index (κ3) is 5.20. The maximum Gasteiger partial charge on any atom is 0.367 e. The van der Waals surface area contributed by atoms with Gasteiger partial charge in [0.15, 0.2) is 0 Å². The molecule has 2 heterocycles. The van der Waals surface area contributed by atoms with Gasteiger partial charge in [-0.05, 0) is 39.7 Å². The van der Waals surface area contributed by atoms with Crippen LogP contribution in [-0.4, -0.2) is 47.8 Å². The van der Waals surface area contributed by atoms with E-state index in [1.54, 1.807) is 14.0 Å². The fourth-order valence-corrected chi connectivity index (χ4v) is 3.53. The summed E-state index contributed by atoms with van der Waals surface area (Å²) < 4.78 is 12.3. The smallest absolute Gasteiger partial charge is 0.367 e. The van der Waals surface area contributed by atoms with E-state index in [4.69, 9.17) is 9.47 Å². The molecule has 7 nitrogen and oxygen atoms in total. The van der Waals surface area contributed by atoms with Gasteiger partial charge in [-0.2, -0.15) is 0 Å². The van der Waals surface area contributed by atoms with E-state index in [2.05, 4.69) is 14.9 Å². The van der Waals surface area contributed by atoms with E-state index in [0.29, 0.717) is 36.0 Å². The molecular formula is C20H29N3O4S. The number of nitrogens with one attached hydrogen (secondary N) is 1. The monoisotopic (exact) mass is 407 g/mol. The Kier molecular flexibility index (Phi) is 8.19. The zero-order valence-corrected chi connectivity index (χ0v) is 18.0. The topological polar surface area (TPSA) is 82.5 Å². The molecule has 0 bridgehead atoms. The number of esters is 1. The van der Waals surface area contributed by atoms with Crippen molar-refractivity contribution in [1.82, 2.24) is 14.9 Å². The molecule has 1 unspecified atom stereocenters. The molecule has 0 aliphatic heterocycles. The molecule has 28 heavy (non-hydrogen) atoms. The van der Waals surface area contributed by atoms with Gasteiger partial charge < -0.3 is 19.4 Å². The van der Waals surface area contributed by atoms with E-state index in [1.807, 2.05) is 32.2 Å². The average Bonchev–Trinajstić information content (AvgIpc) is 3.27. The average molecular weight is 408 g/mol. The molecule has 0 saturated carbocycles. The summed E-state index contributed by atoms with van der Waals surface area (Å²) >= 11 is 1.24. The van der Waals surface area contributed by atoms with Crippen LogP contribution in [0.2, 0.25) is 0 Å². The van der Waals surface area contributed by atoms with Crippen molar-refractivity contribution in [2.24, 2.45) is 0 Å². The maximum atomic E-state index is 12.7. The van der Waals surface area contributed by atoms with Gasteiger partial charge in [0.05, 0.1) is 23.6 Å². The first-order chi connectivity index (χ1) is 13.4. The Morgan fingerprint density at radius 1 is 1.36 bits per heavy atom. The van der Waals surface area contributed by atoms with Crippen LogP contribution in [0.15, 0.2) is 11.4 Å². The lowest BCUT2D eigenvalue weighted by molar-refractivity contribution is 0.0526. The second kappa shape index (κ2) is 10.4. The molecule has 2 aromatic rings. The minimum Gasteiger partial charge on any atom is -0.461 e. The van der Waals surface area contributed by atoms with E-state index in [0.717, 1.165) is 24.2 Å². The number of methoxy groups -OCH3 is 1. The van der Waals surface area contributed by atoms with Gasteiger partial charge in [-0.25, -0.2) is 9.78 Å². The highest BCUT2D eigenvalue weighted by atomic mass is 32.1. The Morgan fingerprint density at radius 2 is 2.11 bits per heavy atom. The van der Waals surface area contributed by atoms with Crippen molar-refractivity contribution >= 4 is 23.2 Å². The van der Waals surface area contributed by atoms with E-state index in [-0.39, 0.29) is 11.9 Å². The van der Waals surface area contributed by atoms with Crippen LogP contribution in [0, 0.1) is 6.92 Å². The van der Waals surface area contributed by atoms with Crippen molar-refractivity contribution in [2.75, 3.05) is 20.3 Å². The normalized spacial score (nSPS) is 12.0. The summed E-state index contributed by atoms with van der Waals surface area (Å²) in [5, 5.41) is 5.15. The van der Waals surface area contributed by atoms with Gasteiger partial charge >= 0.3 is 5.97 Å². The highest BCUT2D eigenvalue weighted by Gasteiger charge is 2.22. The van der Waals surface area contributed by atoms with Crippen molar-refractivity contribution < 1.29 is 19.1 Å². The molecular weight excluding hydrogens is 378 g/mol. The molecule has 154 valence electrons. The van der Waals surface area contributed by atoms with Crippen molar-refractivity contribution in [2.45, 2.75) is 53.1 Å². The summed E-state index contributed by atoms with van der Waals surface area (Å²) in [6.45, 7) is 9.33. The summed E-state index contributed by atoms with van der Waals surface area (Å²) in [5.74, 6) is -0.526. The largest absolute Gasteiger partial charge is 0.461 e. The molecule has 1 atom stereocenters. The van der Waals surface area contributed by atoms with Gasteiger partial charge in [-0.1, -0.05) is 6.92 Å². The van der Waals surface area contributed by atoms with Crippen LogP contribution in [0.3, 0.4) is 0 Å². The van der Waals surface area contributed by atoms with E-state index < -0.39 is 5.97 Å². The predicted octanol–water partition coefficient (Wildman–Crippen LogP) is 3.66. The third-order valence-electron chi connectivity index (χ3n) is 4.55. The van der Waals surface area contributed by atoms with Crippen LogP contribution in [0.25, 0.3) is 11.4 Å². The molecule has 0 saturated heterocycles. The Balaban J connectivity index is 2.39. The van der Waals surface area contributed by atoms with Gasteiger partial charge in [0, 0.05) is 37.4 Å². The van der Waals surface area contributed by atoms with Gasteiger partial charge in [0.2, 0.25) is 5.01 Å². The van der Waals surface area contributed by atoms with Crippen molar-refractivity contribution in [3.8, 4) is 11.4 Å². The number of hydrogen-bond donors (Lipinski definition) is 1. The highest BCUT2D eigenvalue weighted by Crippen LogP contribution is 2.28. The molecule has 0 radical (unpaired) electrons. The molecule has 8 heteroatoms. The van der Waals surface area contributed by atoms with Crippen LogP contribution in [0.1, 0.15) is 59.5 Å². The molecule has 1 amide bonds. The quantitative estimate of drug-likeness (QED) is 0.480. The first-order valence-electron chi connectivity index (χ1n) is 9.55. The molecule has 0 aliphatic carbocycles. The second-order valence-corrected chi connectivity index (χ2v) is 7.43. The van der Waals surface area contributed by atoms with Gasteiger partial charge in [0.1, 0.15) is 0 Å². The van der Waals surface area contributed by atoms with Gasteiger partial charge in [0.25, 0.3) is 5.91 Å². The number of ether oxygens (including phenoxy) is 2. The summed E-state index contributed by atoms with van der Waals surface area (Å²) in [7, 11) is 1.67. The van der Waals surface area contributed by atoms with Gasteiger partial charge in [-0.3, -0.25) is 4.79 Å². The van der Waals surface area contributed by atoms with Crippen LogP contribution in [-0.2, 0) is 16.0 Å². The number of carbonyl (C=O) groups excluding carboxylic acids is 2. The molecule has 2 rings (SSSR count). The lowest BCUT2D eigenvalue weighted by Crippen LogP contribution is -2.32. The van der Waals surface area contributed by atoms with Crippen LogP contribution in [0.5, 0.6) is 0 Å². The lowest BCUT2D eigenvalue weighted by atomic mass is 10.2. The molecule has 0 aliphatic rings. The maximum absolute atomic E-state index is 12.7. The number of thiazole rings is 1. The zero-order chi connectivity index (χ0) is 20.7. The molecule has 2 aromatic heterocycles. The van der Waals surface area contributed by atoms with Gasteiger partial charge in [-0.15, -0.1) is 11.3 Å². The molecule has 0 aromatic carbocycles. The minimum atomic E-state index is -0.428. The number of carbonyl (C=O) groups is 2. The summed E-state index contributed by atoms with van der Waals surface area (Å²) in [6, 6.07) is 1.95. The summed E-state index contributed by atoms with van der Waals surface area (Å²) in [5.41, 5.74) is 2.97. The fourth-order valence-electron chi connectivity index (χ4n) is 2.82. The lowest BCUT2D eigenvalue weighted by Gasteiger charge is -2.12. The molecule has 0 fully saturated rings. The van der Waals surface area contributed by atoms with Crippen LogP contribution in [0.4, 0.5) is 0 Å². The Bertz CT molecular complexity index is 812. The number of hydrogen-bond acceptors (Lipinski definition) is 6.